The van der Waals surface area contributed by atoms with Gasteiger partial charge < -0.3 is 16.0 Å². The van der Waals surface area contributed by atoms with Crippen LogP contribution < -0.4 is 16.0 Å². The number of benzene rings is 1. The first-order valence-electron chi connectivity index (χ1n) is 12.7. The number of hydrogen-bond donors (Lipinski definition) is 2. The summed E-state index contributed by atoms with van der Waals surface area (Å²) in [7, 11) is 0. The number of amides is 2. The highest BCUT2D eigenvalue weighted by atomic mass is 16.2. The normalized spacial score (nSPS) is 21.8. The number of aromatic nitrogens is 4. The van der Waals surface area contributed by atoms with E-state index >= 15 is 0 Å². The van der Waals surface area contributed by atoms with Crippen LogP contribution in [0.2, 0.25) is 0 Å². The molecule has 186 valence electrons. The van der Waals surface area contributed by atoms with E-state index in [1.807, 2.05) is 35.2 Å². The van der Waals surface area contributed by atoms with Crippen LogP contribution in [0, 0.1) is 0 Å². The van der Waals surface area contributed by atoms with Crippen molar-refractivity contribution in [2.75, 3.05) is 30.3 Å². The average Bonchev–Trinajstić information content (AvgIpc) is 3.52. The smallest absolute Gasteiger partial charge is 0.273 e. The number of fused-ring (bicyclic) bond motifs is 2. The molecular formula is C26H30N8O2. The van der Waals surface area contributed by atoms with E-state index in [1.54, 1.807) is 16.9 Å². The van der Waals surface area contributed by atoms with Gasteiger partial charge in [-0.2, -0.15) is 0 Å². The molecule has 2 unspecified atom stereocenters. The van der Waals surface area contributed by atoms with E-state index in [-0.39, 0.29) is 29.6 Å². The van der Waals surface area contributed by atoms with Crippen LogP contribution in [-0.2, 0) is 17.8 Å². The monoisotopic (exact) mass is 486 g/mol. The minimum atomic E-state index is -0.258. The number of nitrogen functional groups attached to an aromatic ring is 1. The number of nitrogens with two attached hydrogens (primary N) is 1. The molecule has 2 amide bonds. The number of carbonyl (C=O) groups is 2. The zero-order valence-corrected chi connectivity index (χ0v) is 20.1. The maximum absolute atomic E-state index is 13.0. The molecule has 1 aliphatic carbocycles. The van der Waals surface area contributed by atoms with Gasteiger partial charge in [-0.25, -0.2) is 9.67 Å². The van der Waals surface area contributed by atoms with Gasteiger partial charge in [0.2, 0.25) is 5.91 Å². The third-order valence-electron chi connectivity index (χ3n) is 7.52. The Balaban J connectivity index is 1.08. The number of piperidine rings is 1. The number of anilines is 2. The van der Waals surface area contributed by atoms with Gasteiger partial charge in [0.15, 0.2) is 5.69 Å². The summed E-state index contributed by atoms with van der Waals surface area (Å²) in [5.74, 6) is 0.450. The van der Waals surface area contributed by atoms with Crippen LogP contribution in [0.25, 0.3) is 0 Å². The van der Waals surface area contributed by atoms with Crippen molar-refractivity contribution in [3.05, 3.63) is 65.1 Å². The van der Waals surface area contributed by atoms with Crippen molar-refractivity contribution in [2.45, 2.75) is 50.7 Å². The van der Waals surface area contributed by atoms with E-state index in [1.165, 1.54) is 6.42 Å². The number of pyridine rings is 1. The zero-order valence-electron chi connectivity index (χ0n) is 20.1. The molecule has 2 saturated heterocycles. The van der Waals surface area contributed by atoms with E-state index in [2.05, 4.69) is 25.5 Å². The van der Waals surface area contributed by atoms with E-state index in [0.29, 0.717) is 12.4 Å². The number of carbonyl (C=O) groups excluding carboxylic acids is 2. The standard InChI is InChI=1S/C26H30N8O2/c27-24-11-8-19-20(28-24)9-10-21(19)29-25(35)22-16-33(31-30-22)15-17-4-6-18(7-5-17)34-14-13-32-12-2-1-3-23(32)26(34)36/h4-8,11,16,21,23H,1-3,9-10,12-15H2,(H2,27,28)(H,29,35). The van der Waals surface area contributed by atoms with E-state index < -0.39 is 0 Å². The van der Waals surface area contributed by atoms with Crippen molar-refractivity contribution in [3.8, 4) is 0 Å². The summed E-state index contributed by atoms with van der Waals surface area (Å²) in [5, 5.41) is 11.3. The van der Waals surface area contributed by atoms with E-state index in [4.69, 9.17) is 5.73 Å². The summed E-state index contributed by atoms with van der Waals surface area (Å²) in [6, 6.07) is 11.6. The van der Waals surface area contributed by atoms with Crippen molar-refractivity contribution in [1.29, 1.82) is 0 Å². The van der Waals surface area contributed by atoms with E-state index in [9.17, 15) is 9.59 Å². The summed E-state index contributed by atoms with van der Waals surface area (Å²) in [4.78, 5) is 34.4. The molecule has 1 aromatic carbocycles. The molecule has 2 aromatic heterocycles. The predicted molar refractivity (Wildman–Crippen MR) is 134 cm³/mol. The third kappa shape index (κ3) is 4.32. The first-order valence-corrected chi connectivity index (χ1v) is 12.7. The van der Waals surface area contributed by atoms with Crippen molar-refractivity contribution < 1.29 is 9.59 Å². The molecule has 2 aliphatic heterocycles. The SMILES string of the molecule is Nc1ccc2c(n1)CCC2NC(=O)c1cn(Cc2ccc(N3CCN4CCCCC4C3=O)cc2)nn1. The number of nitrogens with zero attached hydrogens (tertiary/aromatic N) is 6. The van der Waals surface area contributed by atoms with E-state index in [0.717, 1.165) is 67.8 Å². The number of nitrogens with one attached hydrogen (secondary N) is 1. The number of aryl methyl sites for hydroxylation is 1. The Morgan fingerprint density at radius 1 is 1.06 bits per heavy atom. The number of hydrogen-bond acceptors (Lipinski definition) is 7. The Labute approximate surface area is 209 Å². The summed E-state index contributed by atoms with van der Waals surface area (Å²) in [5.41, 5.74) is 9.95. The molecule has 6 rings (SSSR count). The zero-order chi connectivity index (χ0) is 24.6. The minimum absolute atomic E-state index is 0.0269. The van der Waals surface area contributed by atoms with Crippen molar-refractivity contribution in [3.63, 3.8) is 0 Å². The molecule has 10 nitrogen and oxygen atoms in total. The van der Waals surface area contributed by atoms with Gasteiger partial charge in [-0.1, -0.05) is 29.8 Å². The van der Waals surface area contributed by atoms with Crippen LogP contribution in [-0.4, -0.2) is 62.4 Å². The summed E-state index contributed by atoms with van der Waals surface area (Å²) in [6.07, 6.45) is 6.50. The lowest BCUT2D eigenvalue weighted by Gasteiger charge is -2.43. The Morgan fingerprint density at radius 3 is 2.78 bits per heavy atom. The highest BCUT2D eigenvalue weighted by molar-refractivity contribution is 5.98. The summed E-state index contributed by atoms with van der Waals surface area (Å²) in [6.45, 7) is 3.17. The molecule has 36 heavy (non-hydrogen) atoms. The number of rotatable bonds is 5. The van der Waals surface area contributed by atoms with Gasteiger partial charge in [0.25, 0.3) is 5.91 Å². The van der Waals surface area contributed by atoms with Crippen molar-refractivity contribution >= 4 is 23.3 Å². The molecule has 3 aromatic rings. The first-order chi connectivity index (χ1) is 17.5. The predicted octanol–water partition coefficient (Wildman–Crippen LogP) is 1.92. The van der Waals surface area contributed by atoms with Gasteiger partial charge in [0, 0.05) is 24.5 Å². The Hall–Kier alpha value is -3.79. The fourth-order valence-corrected chi connectivity index (χ4v) is 5.63. The van der Waals surface area contributed by atoms with Crippen LogP contribution in [0.15, 0.2) is 42.6 Å². The molecule has 0 saturated carbocycles. The van der Waals surface area contributed by atoms with Gasteiger partial charge in [-0.15, -0.1) is 5.10 Å². The Bertz CT molecular complexity index is 1290. The maximum atomic E-state index is 13.0. The van der Waals surface area contributed by atoms with Gasteiger partial charge >= 0.3 is 0 Å². The van der Waals surface area contributed by atoms with Crippen LogP contribution >= 0.6 is 0 Å². The van der Waals surface area contributed by atoms with Crippen LogP contribution in [0.1, 0.15) is 59.0 Å². The van der Waals surface area contributed by atoms with Gasteiger partial charge in [-0.3, -0.25) is 14.5 Å². The summed E-state index contributed by atoms with van der Waals surface area (Å²) >= 11 is 0. The fraction of sp³-hybridized carbons (Fsp3) is 0.423. The molecule has 10 heteroatoms. The van der Waals surface area contributed by atoms with Gasteiger partial charge in [0.05, 0.1) is 24.8 Å². The lowest BCUT2D eigenvalue weighted by Crippen LogP contribution is -2.58. The lowest BCUT2D eigenvalue weighted by atomic mass is 9.98. The molecule has 3 N–H and O–H groups in total. The molecule has 0 spiro atoms. The molecule has 3 aliphatic rings. The molecule has 4 heterocycles. The van der Waals surface area contributed by atoms with Gasteiger partial charge in [0.1, 0.15) is 5.82 Å². The highest BCUT2D eigenvalue weighted by Crippen LogP contribution is 2.30. The number of piperazine rings is 1. The average molecular weight is 487 g/mol. The van der Waals surface area contributed by atoms with Crippen molar-refractivity contribution in [1.82, 2.24) is 30.2 Å². The second kappa shape index (κ2) is 9.34. The van der Waals surface area contributed by atoms with Crippen LogP contribution in [0.5, 0.6) is 0 Å². The fourth-order valence-electron chi connectivity index (χ4n) is 5.63. The Morgan fingerprint density at radius 2 is 1.92 bits per heavy atom. The minimum Gasteiger partial charge on any atom is -0.384 e. The molecular weight excluding hydrogens is 456 g/mol. The summed E-state index contributed by atoms with van der Waals surface area (Å²) < 4.78 is 1.65. The van der Waals surface area contributed by atoms with Gasteiger partial charge in [-0.05, 0) is 61.6 Å². The molecule has 2 fully saturated rings. The van der Waals surface area contributed by atoms with Crippen molar-refractivity contribution in [2.24, 2.45) is 0 Å². The lowest BCUT2D eigenvalue weighted by molar-refractivity contribution is -0.127. The molecule has 2 atom stereocenters. The second-order valence-electron chi connectivity index (χ2n) is 9.84. The quantitative estimate of drug-likeness (QED) is 0.565. The third-order valence-corrected chi connectivity index (χ3v) is 7.52. The van der Waals surface area contributed by atoms with Crippen LogP contribution in [0.4, 0.5) is 11.5 Å². The maximum Gasteiger partial charge on any atom is 0.273 e. The largest absolute Gasteiger partial charge is 0.384 e. The second-order valence-corrected chi connectivity index (χ2v) is 9.84. The topological polar surface area (TPSA) is 122 Å². The molecule has 0 bridgehead atoms. The Kier molecular flexibility index (Phi) is 5.88. The highest BCUT2D eigenvalue weighted by Gasteiger charge is 2.36. The van der Waals surface area contributed by atoms with Crippen LogP contribution in [0.3, 0.4) is 0 Å². The molecule has 0 radical (unpaired) electrons. The first kappa shape index (κ1) is 22.7.